The second-order valence-corrected chi connectivity index (χ2v) is 5.78. The van der Waals surface area contributed by atoms with Crippen molar-refractivity contribution < 1.29 is 32.8 Å². The van der Waals surface area contributed by atoms with Gasteiger partial charge in [-0.15, -0.1) is 0 Å². The molecule has 2 N–H and O–H groups in total. The van der Waals surface area contributed by atoms with Crippen molar-refractivity contribution in [2.75, 3.05) is 6.54 Å². The van der Waals surface area contributed by atoms with Gasteiger partial charge in [0, 0.05) is 24.2 Å². The van der Waals surface area contributed by atoms with Gasteiger partial charge in [-0.05, 0) is 17.6 Å². The number of hydrogen-bond donors (Lipinski definition) is 2. The van der Waals surface area contributed by atoms with Gasteiger partial charge in [0.25, 0.3) is 5.91 Å². The van der Waals surface area contributed by atoms with E-state index in [2.05, 4.69) is 4.98 Å². The van der Waals surface area contributed by atoms with E-state index in [1.165, 1.54) is 23.1 Å². The fourth-order valence-corrected chi connectivity index (χ4v) is 2.91. The number of nitrogens with zero attached hydrogens (tertiary/aromatic N) is 3. The summed E-state index contributed by atoms with van der Waals surface area (Å²) < 4.78 is 39.7. The zero-order valence-electron chi connectivity index (χ0n) is 13.3. The number of hydrogen-bond acceptors (Lipinski definition) is 5. The number of imidazole rings is 1. The highest BCUT2D eigenvalue weighted by atomic mass is 19.4. The van der Waals surface area contributed by atoms with Crippen molar-refractivity contribution in [1.82, 2.24) is 14.5 Å². The summed E-state index contributed by atoms with van der Waals surface area (Å²) in [4.78, 5) is 28.4. The van der Waals surface area contributed by atoms with Crippen molar-refractivity contribution in [2.24, 2.45) is 0 Å². The van der Waals surface area contributed by atoms with E-state index >= 15 is 0 Å². The third-order valence-electron chi connectivity index (χ3n) is 4.16. The fraction of sp³-hybridized carbons (Fsp3) is 0.267. The fourth-order valence-electron chi connectivity index (χ4n) is 2.91. The first kappa shape index (κ1) is 18.1. The maximum Gasteiger partial charge on any atom is 0.489 e. The second-order valence-electron chi connectivity index (χ2n) is 5.78. The molecule has 2 heterocycles. The first-order valence-electron chi connectivity index (χ1n) is 7.58. The number of rotatable bonds is 3. The lowest BCUT2D eigenvalue weighted by Crippen LogP contribution is -2.39. The smallest absolute Gasteiger partial charge is 0.423 e. The molecule has 0 aliphatic carbocycles. The van der Waals surface area contributed by atoms with Gasteiger partial charge in [-0.1, -0.05) is 6.07 Å². The molecule has 0 saturated heterocycles. The van der Waals surface area contributed by atoms with Crippen LogP contribution in [-0.4, -0.2) is 50.4 Å². The lowest BCUT2D eigenvalue weighted by Gasteiger charge is -2.29. The summed E-state index contributed by atoms with van der Waals surface area (Å²) in [5, 5.41) is 18.4. The predicted molar refractivity (Wildman–Crippen MR) is 83.6 cm³/mol. The second kappa shape index (κ2) is 6.58. The average Bonchev–Trinajstić information content (AvgIpc) is 3.03. The van der Waals surface area contributed by atoms with Crippen molar-refractivity contribution in [2.45, 2.75) is 19.3 Å². The summed E-state index contributed by atoms with van der Waals surface area (Å²) in [5.41, 5.74) is 0.297. The summed E-state index contributed by atoms with van der Waals surface area (Å²) >= 11 is 0. The van der Waals surface area contributed by atoms with Crippen molar-refractivity contribution in [1.29, 1.82) is 0 Å². The Morgan fingerprint density at radius 2 is 2.00 bits per heavy atom. The Labute approximate surface area is 145 Å². The SMILES string of the molecule is O=Cc1cc(C(=O)N2CCn3c(cnc3C(F)(F)F)C2)ccc1B(O)O. The molecule has 136 valence electrons. The number of amides is 1. The molecule has 0 saturated carbocycles. The molecule has 1 aliphatic heterocycles. The zero-order valence-corrected chi connectivity index (χ0v) is 13.3. The quantitative estimate of drug-likeness (QED) is 0.591. The van der Waals surface area contributed by atoms with Crippen molar-refractivity contribution >= 4 is 24.8 Å². The molecule has 1 aliphatic rings. The van der Waals surface area contributed by atoms with E-state index in [-0.39, 0.29) is 41.9 Å². The Hall–Kier alpha value is -2.66. The van der Waals surface area contributed by atoms with Gasteiger partial charge < -0.3 is 19.5 Å². The Balaban J connectivity index is 1.84. The Bertz CT molecular complexity index is 866. The normalized spacial score (nSPS) is 14.1. The number of halogens is 3. The van der Waals surface area contributed by atoms with E-state index in [0.29, 0.717) is 6.29 Å². The number of alkyl halides is 3. The highest BCUT2D eigenvalue weighted by Crippen LogP contribution is 2.30. The number of benzene rings is 1. The molecule has 0 spiro atoms. The molecule has 3 rings (SSSR count). The van der Waals surface area contributed by atoms with Crippen LogP contribution in [0.2, 0.25) is 0 Å². The number of carbonyl (C=O) groups is 2. The number of aromatic nitrogens is 2. The minimum Gasteiger partial charge on any atom is -0.423 e. The Morgan fingerprint density at radius 3 is 2.62 bits per heavy atom. The Morgan fingerprint density at radius 1 is 1.27 bits per heavy atom. The van der Waals surface area contributed by atoms with Crippen LogP contribution in [0.15, 0.2) is 24.4 Å². The number of aldehydes is 1. The topological polar surface area (TPSA) is 95.7 Å². The highest BCUT2D eigenvalue weighted by Gasteiger charge is 2.38. The molecule has 0 atom stereocenters. The maximum absolute atomic E-state index is 12.9. The van der Waals surface area contributed by atoms with Gasteiger partial charge in [0.2, 0.25) is 5.82 Å². The summed E-state index contributed by atoms with van der Waals surface area (Å²) in [6.45, 7) is -0.0569. The number of carbonyl (C=O) groups excluding carboxylic acids is 2. The summed E-state index contributed by atoms with van der Waals surface area (Å²) in [6, 6.07) is 3.80. The molecule has 11 heteroatoms. The molecule has 1 aromatic carbocycles. The monoisotopic (exact) mass is 367 g/mol. The molecule has 26 heavy (non-hydrogen) atoms. The van der Waals surface area contributed by atoms with Gasteiger partial charge in [0.15, 0.2) is 0 Å². The summed E-state index contributed by atoms with van der Waals surface area (Å²) in [6.07, 6.45) is -3.08. The van der Waals surface area contributed by atoms with Crippen molar-refractivity contribution in [3.8, 4) is 0 Å². The van der Waals surface area contributed by atoms with Gasteiger partial charge in [-0.3, -0.25) is 9.59 Å². The van der Waals surface area contributed by atoms with Crippen LogP contribution in [-0.2, 0) is 19.3 Å². The van der Waals surface area contributed by atoms with Crippen LogP contribution < -0.4 is 5.46 Å². The molecular weight excluding hydrogens is 354 g/mol. The van der Waals surface area contributed by atoms with Gasteiger partial charge in [0.05, 0.1) is 18.4 Å². The molecule has 1 aromatic heterocycles. The van der Waals surface area contributed by atoms with E-state index < -0.39 is 25.0 Å². The first-order chi connectivity index (χ1) is 12.2. The zero-order chi connectivity index (χ0) is 19.1. The van der Waals surface area contributed by atoms with Crippen LogP contribution in [0.5, 0.6) is 0 Å². The standard InChI is InChI=1S/C15H13BF3N3O4/c17-15(18,19)14-20-6-11-7-21(3-4-22(11)14)13(24)9-1-2-12(16(25)26)10(5-9)8-23/h1-2,5-6,8,25-26H,3-4,7H2. The lowest BCUT2D eigenvalue weighted by atomic mass is 9.77. The lowest BCUT2D eigenvalue weighted by molar-refractivity contribution is -0.147. The largest absolute Gasteiger partial charge is 0.489 e. The van der Waals surface area contributed by atoms with Crippen LogP contribution in [0, 0.1) is 0 Å². The van der Waals surface area contributed by atoms with Crippen molar-refractivity contribution in [3.63, 3.8) is 0 Å². The van der Waals surface area contributed by atoms with E-state index in [4.69, 9.17) is 0 Å². The van der Waals surface area contributed by atoms with Gasteiger partial charge in [-0.25, -0.2) is 4.98 Å². The maximum atomic E-state index is 12.9. The summed E-state index contributed by atoms with van der Waals surface area (Å²) in [5.74, 6) is -1.47. The molecule has 0 bridgehead atoms. The molecule has 0 fully saturated rings. The van der Waals surface area contributed by atoms with Crippen LogP contribution in [0.3, 0.4) is 0 Å². The van der Waals surface area contributed by atoms with E-state index in [9.17, 15) is 32.8 Å². The minimum absolute atomic E-state index is 0.0388. The highest BCUT2D eigenvalue weighted by molar-refractivity contribution is 6.60. The van der Waals surface area contributed by atoms with Crippen LogP contribution in [0.1, 0.15) is 32.2 Å². The molecule has 2 aromatic rings. The third kappa shape index (κ3) is 3.22. The molecule has 0 radical (unpaired) electrons. The van der Waals surface area contributed by atoms with E-state index in [1.54, 1.807) is 0 Å². The van der Waals surface area contributed by atoms with E-state index in [0.717, 1.165) is 10.8 Å². The van der Waals surface area contributed by atoms with Gasteiger partial charge in [0.1, 0.15) is 6.29 Å². The number of fused-ring (bicyclic) bond motifs is 1. The molecule has 0 unspecified atom stereocenters. The molecule has 7 nitrogen and oxygen atoms in total. The van der Waals surface area contributed by atoms with E-state index in [1.807, 2.05) is 0 Å². The first-order valence-corrected chi connectivity index (χ1v) is 7.58. The van der Waals surface area contributed by atoms with Crippen LogP contribution in [0.4, 0.5) is 13.2 Å². The average molecular weight is 367 g/mol. The van der Waals surface area contributed by atoms with Crippen molar-refractivity contribution in [3.05, 3.63) is 47.0 Å². The van der Waals surface area contributed by atoms with Gasteiger partial charge in [-0.2, -0.15) is 13.2 Å². The Kier molecular flexibility index (Phi) is 4.59. The van der Waals surface area contributed by atoms with Crippen LogP contribution >= 0.6 is 0 Å². The van der Waals surface area contributed by atoms with Crippen LogP contribution in [0.25, 0.3) is 0 Å². The van der Waals surface area contributed by atoms with Gasteiger partial charge >= 0.3 is 13.3 Å². The predicted octanol–water partition coefficient (Wildman–Crippen LogP) is 0.0502. The molecule has 1 amide bonds. The molecular formula is C15H13BF3N3O4. The summed E-state index contributed by atoms with van der Waals surface area (Å²) in [7, 11) is -1.86. The minimum atomic E-state index is -4.57. The third-order valence-corrected chi connectivity index (χ3v) is 4.16.